The molecule has 0 aromatic heterocycles. The van der Waals surface area contributed by atoms with E-state index in [2.05, 4.69) is 5.32 Å². The molecular weight excluding hydrogens is 252 g/mol. The molecule has 2 aromatic rings. The Hall–Kier alpha value is -2.30. The summed E-state index contributed by atoms with van der Waals surface area (Å²) < 4.78 is 31.1. The number of nitrogens with one attached hydrogen (secondary N) is 1. The zero-order valence-corrected chi connectivity index (χ0v) is 10.3. The van der Waals surface area contributed by atoms with Gasteiger partial charge in [-0.3, -0.25) is 0 Å². The lowest BCUT2D eigenvalue weighted by Crippen LogP contribution is -2.02. The first-order valence-electron chi connectivity index (χ1n) is 5.65. The Bertz CT molecular complexity index is 588. The zero-order chi connectivity index (χ0) is 13.8. The minimum atomic E-state index is -0.647. The van der Waals surface area contributed by atoms with Crippen molar-refractivity contribution < 1.29 is 18.6 Å². The Kier molecular flexibility index (Phi) is 3.85. The Labute approximate surface area is 109 Å². The van der Waals surface area contributed by atoms with Gasteiger partial charge in [0.2, 0.25) is 0 Å². The van der Waals surface area contributed by atoms with Crippen molar-refractivity contribution in [1.82, 2.24) is 0 Å². The van der Waals surface area contributed by atoms with Crippen LogP contribution in [0.4, 0.5) is 14.5 Å². The number of hydrogen-bond acceptors (Lipinski definition) is 3. The van der Waals surface area contributed by atoms with Gasteiger partial charge >= 0.3 is 0 Å². The van der Waals surface area contributed by atoms with Crippen molar-refractivity contribution in [2.75, 3.05) is 12.4 Å². The van der Waals surface area contributed by atoms with Crippen LogP contribution in [0.2, 0.25) is 0 Å². The van der Waals surface area contributed by atoms with E-state index in [1.165, 1.54) is 25.3 Å². The molecule has 0 saturated carbocycles. The van der Waals surface area contributed by atoms with Gasteiger partial charge in [-0.15, -0.1) is 0 Å². The van der Waals surface area contributed by atoms with Gasteiger partial charge in [-0.25, -0.2) is 8.78 Å². The lowest BCUT2D eigenvalue weighted by atomic mass is 10.2. The SMILES string of the molecule is COc1cc(CNc2ccc(F)cc2F)ccc1O. The highest BCUT2D eigenvalue weighted by atomic mass is 19.1. The van der Waals surface area contributed by atoms with Crippen LogP contribution < -0.4 is 10.1 Å². The third-order valence-corrected chi connectivity index (χ3v) is 2.66. The molecule has 0 aliphatic rings. The van der Waals surface area contributed by atoms with Gasteiger partial charge in [-0.1, -0.05) is 6.07 Å². The summed E-state index contributed by atoms with van der Waals surface area (Å²) in [6.07, 6.45) is 0. The van der Waals surface area contributed by atoms with Crippen molar-refractivity contribution in [3.05, 3.63) is 53.6 Å². The molecule has 0 bridgehead atoms. The third-order valence-electron chi connectivity index (χ3n) is 2.66. The van der Waals surface area contributed by atoms with E-state index in [4.69, 9.17) is 4.74 Å². The summed E-state index contributed by atoms with van der Waals surface area (Å²) in [5.74, 6) is -0.877. The molecule has 0 spiro atoms. The average Bonchev–Trinajstić information content (AvgIpc) is 2.39. The summed E-state index contributed by atoms with van der Waals surface area (Å²) in [6.45, 7) is 0.333. The maximum absolute atomic E-state index is 13.4. The summed E-state index contributed by atoms with van der Waals surface area (Å²) in [5.41, 5.74) is 1.02. The van der Waals surface area contributed by atoms with E-state index in [9.17, 15) is 13.9 Å². The maximum Gasteiger partial charge on any atom is 0.160 e. The van der Waals surface area contributed by atoms with Gasteiger partial charge in [-0.05, 0) is 29.8 Å². The molecule has 0 saturated heterocycles. The van der Waals surface area contributed by atoms with Crippen LogP contribution in [0, 0.1) is 11.6 Å². The molecule has 0 fully saturated rings. The number of methoxy groups -OCH3 is 1. The highest BCUT2D eigenvalue weighted by molar-refractivity contribution is 5.47. The van der Waals surface area contributed by atoms with Crippen LogP contribution in [0.25, 0.3) is 0 Å². The van der Waals surface area contributed by atoms with E-state index in [1.54, 1.807) is 12.1 Å². The van der Waals surface area contributed by atoms with Gasteiger partial charge in [0.15, 0.2) is 11.5 Å². The molecule has 0 heterocycles. The molecular formula is C14H13F2NO2. The number of benzene rings is 2. The summed E-state index contributed by atoms with van der Waals surface area (Å²) in [7, 11) is 1.45. The van der Waals surface area contributed by atoms with Crippen molar-refractivity contribution in [2.24, 2.45) is 0 Å². The monoisotopic (exact) mass is 265 g/mol. The standard InChI is InChI=1S/C14H13F2NO2/c1-19-14-6-9(2-5-13(14)18)8-17-12-4-3-10(15)7-11(12)16/h2-7,17-18H,8H2,1H3. The molecule has 2 N–H and O–H groups in total. The Balaban J connectivity index is 2.10. The molecule has 2 rings (SSSR count). The van der Waals surface area contributed by atoms with Gasteiger partial charge in [-0.2, -0.15) is 0 Å². The van der Waals surface area contributed by atoms with Gasteiger partial charge in [0.1, 0.15) is 11.6 Å². The molecule has 2 aromatic carbocycles. The second-order valence-electron chi connectivity index (χ2n) is 3.98. The molecule has 0 aliphatic heterocycles. The number of anilines is 1. The smallest absolute Gasteiger partial charge is 0.160 e. The van der Waals surface area contributed by atoms with Crippen LogP contribution in [0.5, 0.6) is 11.5 Å². The van der Waals surface area contributed by atoms with E-state index in [0.717, 1.165) is 11.6 Å². The topological polar surface area (TPSA) is 41.5 Å². The van der Waals surface area contributed by atoms with E-state index in [0.29, 0.717) is 12.3 Å². The summed E-state index contributed by atoms with van der Waals surface area (Å²) in [4.78, 5) is 0. The van der Waals surface area contributed by atoms with Gasteiger partial charge < -0.3 is 15.2 Å². The van der Waals surface area contributed by atoms with Crippen LogP contribution >= 0.6 is 0 Å². The average molecular weight is 265 g/mol. The quantitative estimate of drug-likeness (QED) is 0.891. The van der Waals surface area contributed by atoms with Crippen LogP contribution in [-0.4, -0.2) is 12.2 Å². The molecule has 5 heteroatoms. The number of phenols is 1. The first-order chi connectivity index (χ1) is 9.10. The van der Waals surface area contributed by atoms with E-state index >= 15 is 0 Å². The highest BCUT2D eigenvalue weighted by Crippen LogP contribution is 2.26. The van der Waals surface area contributed by atoms with E-state index in [1.807, 2.05) is 0 Å². The number of phenolic OH excluding ortho intramolecular Hbond substituents is 1. The third kappa shape index (κ3) is 3.13. The maximum atomic E-state index is 13.4. The van der Waals surface area contributed by atoms with Crippen LogP contribution in [0.3, 0.4) is 0 Å². The largest absolute Gasteiger partial charge is 0.504 e. The second-order valence-corrected chi connectivity index (χ2v) is 3.98. The van der Waals surface area contributed by atoms with Gasteiger partial charge in [0.05, 0.1) is 12.8 Å². The molecule has 0 radical (unpaired) electrons. The fourth-order valence-electron chi connectivity index (χ4n) is 1.66. The highest BCUT2D eigenvalue weighted by Gasteiger charge is 2.05. The molecule has 0 aliphatic carbocycles. The lowest BCUT2D eigenvalue weighted by Gasteiger charge is -2.09. The normalized spacial score (nSPS) is 10.3. The molecule has 0 amide bonds. The van der Waals surface area contributed by atoms with E-state index in [-0.39, 0.29) is 11.4 Å². The molecule has 0 unspecified atom stereocenters. The number of aromatic hydroxyl groups is 1. The van der Waals surface area contributed by atoms with Crippen molar-refractivity contribution >= 4 is 5.69 Å². The summed E-state index contributed by atoms with van der Waals surface area (Å²) in [5, 5.41) is 12.3. The van der Waals surface area contributed by atoms with E-state index < -0.39 is 11.6 Å². The fourth-order valence-corrected chi connectivity index (χ4v) is 1.66. The van der Waals surface area contributed by atoms with Crippen molar-refractivity contribution in [2.45, 2.75) is 6.54 Å². The van der Waals surface area contributed by atoms with Crippen LogP contribution in [0.1, 0.15) is 5.56 Å². The number of ether oxygens (including phenoxy) is 1. The number of rotatable bonds is 4. The molecule has 19 heavy (non-hydrogen) atoms. The number of halogens is 2. The first-order valence-corrected chi connectivity index (χ1v) is 5.65. The zero-order valence-electron chi connectivity index (χ0n) is 10.3. The van der Waals surface area contributed by atoms with Gasteiger partial charge in [0.25, 0.3) is 0 Å². The summed E-state index contributed by atoms with van der Waals surface area (Å²) >= 11 is 0. The molecule has 3 nitrogen and oxygen atoms in total. The lowest BCUT2D eigenvalue weighted by molar-refractivity contribution is 0.373. The summed E-state index contributed by atoms with van der Waals surface area (Å²) in [6, 6.07) is 8.16. The Morgan fingerprint density at radius 3 is 2.63 bits per heavy atom. The predicted octanol–water partition coefficient (Wildman–Crippen LogP) is 3.29. The Morgan fingerprint density at radius 2 is 1.95 bits per heavy atom. The molecule has 100 valence electrons. The van der Waals surface area contributed by atoms with Crippen molar-refractivity contribution in [3.63, 3.8) is 0 Å². The Morgan fingerprint density at radius 1 is 1.16 bits per heavy atom. The minimum absolute atomic E-state index is 0.0409. The number of hydrogen-bond donors (Lipinski definition) is 2. The minimum Gasteiger partial charge on any atom is -0.504 e. The second kappa shape index (κ2) is 5.56. The van der Waals surface area contributed by atoms with Crippen LogP contribution in [0.15, 0.2) is 36.4 Å². The van der Waals surface area contributed by atoms with Crippen molar-refractivity contribution in [3.8, 4) is 11.5 Å². The predicted molar refractivity (Wildman–Crippen MR) is 68.3 cm³/mol. The van der Waals surface area contributed by atoms with Crippen LogP contribution in [-0.2, 0) is 6.54 Å². The fraction of sp³-hybridized carbons (Fsp3) is 0.143. The van der Waals surface area contributed by atoms with Gasteiger partial charge in [0, 0.05) is 12.6 Å². The van der Waals surface area contributed by atoms with Crippen molar-refractivity contribution in [1.29, 1.82) is 0 Å². The molecule has 0 atom stereocenters. The first kappa shape index (κ1) is 13.1.